The van der Waals surface area contributed by atoms with E-state index in [9.17, 15) is 4.79 Å². The zero-order valence-corrected chi connectivity index (χ0v) is 17.8. The average molecular weight is 441 g/mol. The summed E-state index contributed by atoms with van der Waals surface area (Å²) in [7, 11) is 1.50. The minimum atomic E-state index is -0.627. The number of nitrogens with zero attached hydrogens (tertiary/aromatic N) is 4. The molecule has 1 aliphatic rings. The third-order valence-electron chi connectivity index (χ3n) is 6.25. The number of hydrogen-bond acceptors (Lipinski definition) is 4. The van der Waals surface area contributed by atoms with E-state index in [4.69, 9.17) is 4.74 Å². The number of H-pyrrole nitrogens is 1. The van der Waals surface area contributed by atoms with Gasteiger partial charge in [-0.25, -0.2) is 13.9 Å². The van der Waals surface area contributed by atoms with Crippen molar-refractivity contribution in [2.24, 2.45) is 0 Å². The molecule has 0 saturated carbocycles. The van der Waals surface area contributed by atoms with Crippen LogP contribution in [0.4, 0.5) is 4.39 Å². The molecule has 0 spiro atoms. The van der Waals surface area contributed by atoms with Crippen LogP contribution < -0.4 is 4.74 Å². The van der Waals surface area contributed by atoms with Gasteiger partial charge in [0.05, 0.1) is 7.11 Å². The van der Waals surface area contributed by atoms with Gasteiger partial charge in [-0.2, -0.15) is 5.10 Å². The molecule has 1 aliphatic heterocycles. The van der Waals surface area contributed by atoms with Gasteiger partial charge in [0.25, 0.3) is 5.91 Å². The highest BCUT2D eigenvalue weighted by Crippen LogP contribution is 2.40. The number of para-hydroxylation sites is 1. The van der Waals surface area contributed by atoms with E-state index in [1.807, 2.05) is 18.2 Å². The van der Waals surface area contributed by atoms with Gasteiger partial charge in [-0.05, 0) is 36.2 Å². The number of benzene rings is 2. The summed E-state index contributed by atoms with van der Waals surface area (Å²) >= 11 is 0. The Hall–Kier alpha value is -4.20. The summed E-state index contributed by atoms with van der Waals surface area (Å²) < 4.78 is 22.1. The Bertz CT molecular complexity index is 1490. The number of hydrogen-bond donors (Lipinski definition) is 1. The summed E-state index contributed by atoms with van der Waals surface area (Å²) in [5, 5.41) is 5.50. The largest absolute Gasteiger partial charge is 0.497 e. The molecule has 0 aliphatic carbocycles. The van der Waals surface area contributed by atoms with Crippen LogP contribution in [0.2, 0.25) is 0 Å². The maximum Gasteiger partial charge on any atom is 0.275 e. The minimum absolute atomic E-state index is 0.271. The van der Waals surface area contributed by atoms with E-state index in [2.05, 4.69) is 21.1 Å². The average Bonchev–Trinajstić information content (AvgIpc) is 3.44. The predicted octanol–water partition coefficient (Wildman–Crippen LogP) is 4.15. The van der Waals surface area contributed by atoms with E-state index >= 15 is 4.39 Å². The Balaban J connectivity index is 1.51. The fraction of sp³-hybridized carbons (Fsp3) is 0.160. The van der Waals surface area contributed by atoms with E-state index < -0.39 is 11.9 Å². The molecular weight excluding hydrogens is 421 g/mol. The lowest BCUT2D eigenvalue weighted by Gasteiger charge is -2.36. The second-order valence-electron chi connectivity index (χ2n) is 8.05. The zero-order chi connectivity index (χ0) is 22.5. The molecule has 0 unspecified atom stereocenters. The number of rotatable bonds is 3. The summed E-state index contributed by atoms with van der Waals surface area (Å²) in [6, 6.07) is 15.5. The number of amides is 1. The Morgan fingerprint density at radius 2 is 2.06 bits per heavy atom. The van der Waals surface area contributed by atoms with Gasteiger partial charge in [0, 0.05) is 53.2 Å². The fourth-order valence-corrected chi connectivity index (χ4v) is 4.72. The molecule has 164 valence electrons. The molecule has 1 N–H and O–H groups in total. The molecule has 5 aromatic rings. The Morgan fingerprint density at radius 1 is 1.18 bits per heavy atom. The van der Waals surface area contributed by atoms with Crippen molar-refractivity contribution in [3.05, 3.63) is 95.3 Å². The fourth-order valence-electron chi connectivity index (χ4n) is 4.72. The first-order valence-electron chi connectivity index (χ1n) is 10.7. The van der Waals surface area contributed by atoms with Crippen molar-refractivity contribution in [1.29, 1.82) is 0 Å². The zero-order valence-electron chi connectivity index (χ0n) is 17.8. The first-order valence-corrected chi connectivity index (χ1v) is 10.7. The third kappa shape index (κ3) is 3.06. The molecular formula is C25H20FN5O2. The summed E-state index contributed by atoms with van der Waals surface area (Å²) in [4.78, 5) is 23.1. The number of aromatic nitrogens is 4. The highest BCUT2D eigenvalue weighted by molar-refractivity contribution is 5.95. The van der Waals surface area contributed by atoms with Crippen molar-refractivity contribution < 1.29 is 13.9 Å². The molecule has 0 fully saturated rings. The number of aromatic amines is 1. The van der Waals surface area contributed by atoms with Crippen molar-refractivity contribution in [3.8, 4) is 5.75 Å². The van der Waals surface area contributed by atoms with E-state index in [1.165, 1.54) is 13.2 Å². The standard InChI is InChI=1S/C25H20FN5O2/c1-33-15-7-8-18(19(26)13-15)24-23-17(16-5-2-3-6-20(16)28-23)9-12-30(24)25(32)21-14-22-27-10-4-11-31(22)29-21/h2-8,10-11,13-14,24,28H,9,12H2,1H3/t24-/m1/s1. The number of fused-ring (bicyclic) bond motifs is 4. The number of carbonyl (C=O) groups excluding carboxylic acids is 1. The molecule has 33 heavy (non-hydrogen) atoms. The van der Waals surface area contributed by atoms with Crippen LogP contribution >= 0.6 is 0 Å². The summed E-state index contributed by atoms with van der Waals surface area (Å²) in [5.74, 6) is -0.279. The predicted molar refractivity (Wildman–Crippen MR) is 121 cm³/mol. The second-order valence-corrected chi connectivity index (χ2v) is 8.05. The van der Waals surface area contributed by atoms with Gasteiger partial charge in [0.2, 0.25) is 0 Å². The van der Waals surface area contributed by atoms with Gasteiger partial charge in [-0.3, -0.25) is 4.79 Å². The van der Waals surface area contributed by atoms with Crippen molar-refractivity contribution in [3.63, 3.8) is 0 Å². The monoisotopic (exact) mass is 441 g/mol. The third-order valence-corrected chi connectivity index (χ3v) is 6.25. The van der Waals surface area contributed by atoms with Crippen molar-refractivity contribution in [2.75, 3.05) is 13.7 Å². The van der Waals surface area contributed by atoms with Gasteiger partial charge in [0.1, 0.15) is 17.6 Å². The van der Waals surface area contributed by atoms with Crippen LogP contribution in [0.3, 0.4) is 0 Å². The molecule has 0 radical (unpaired) electrons. The van der Waals surface area contributed by atoms with Gasteiger partial charge in [-0.1, -0.05) is 18.2 Å². The quantitative estimate of drug-likeness (QED) is 0.457. The van der Waals surface area contributed by atoms with Crippen LogP contribution in [0, 0.1) is 5.82 Å². The van der Waals surface area contributed by atoms with Crippen LogP contribution in [-0.4, -0.2) is 44.0 Å². The van der Waals surface area contributed by atoms with E-state index in [-0.39, 0.29) is 11.6 Å². The lowest BCUT2D eigenvalue weighted by Crippen LogP contribution is -2.41. The topological polar surface area (TPSA) is 75.5 Å². The van der Waals surface area contributed by atoms with Crippen molar-refractivity contribution >= 4 is 22.5 Å². The first kappa shape index (κ1) is 19.5. The lowest BCUT2D eigenvalue weighted by molar-refractivity contribution is 0.0683. The molecule has 0 bridgehead atoms. The number of nitrogens with one attached hydrogen (secondary N) is 1. The van der Waals surface area contributed by atoms with Crippen molar-refractivity contribution in [2.45, 2.75) is 12.5 Å². The van der Waals surface area contributed by atoms with Crippen molar-refractivity contribution in [1.82, 2.24) is 24.5 Å². The Labute approximate surface area is 188 Å². The van der Waals surface area contributed by atoms with Gasteiger partial charge >= 0.3 is 0 Å². The van der Waals surface area contributed by atoms with Gasteiger partial charge in [0.15, 0.2) is 11.3 Å². The molecule has 0 saturated heterocycles. The summed E-state index contributed by atoms with van der Waals surface area (Å²) in [5.41, 5.74) is 4.14. The second kappa shape index (κ2) is 7.44. The Morgan fingerprint density at radius 3 is 2.88 bits per heavy atom. The molecule has 4 heterocycles. The molecule has 8 heteroatoms. The molecule has 1 amide bonds. The van der Waals surface area contributed by atoms with Crippen LogP contribution in [0.15, 0.2) is 67.0 Å². The summed E-state index contributed by atoms with van der Waals surface area (Å²) in [6.07, 6.45) is 4.05. The van der Waals surface area contributed by atoms with Gasteiger partial charge < -0.3 is 14.6 Å². The summed E-state index contributed by atoms with van der Waals surface area (Å²) in [6.45, 7) is 0.436. The molecule has 6 rings (SSSR count). The minimum Gasteiger partial charge on any atom is -0.497 e. The SMILES string of the molecule is COc1ccc([C@@H]2c3[nH]c4ccccc4c3CCN2C(=O)c2cc3ncccn3n2)c(F)c1. The smallest absolute Gasteiger partial charge is 0.275 e. The van der Waals surface area contributed by atoms with Crippen LogP contribution in [0.1, 0.15) is 33.4 Å². The number of halogens is 1. The Kier molecular flexibility index (Phi) is 4.39. The molecule has 1 atom stereocenters. The molecule has 3 aromatic heterocycles. The molecule has 7 nitrogen and oxygen atoms in total. The number of ether oxygens (including phenoxy) is 1. The van der Waals surface area contributed by atoms with E-state index in [0.717, 1.165) is 22.2 Å². The van der Waals surface area contributed by atoms with E-state index in [0.29, 0.717) is 29.9 Å². The molecule has 2 aromatic carbocycles. The maximum atomic E-state index is 15.3. The number of methoxy groups -OCH3 is 1. The maximum absolute atomic E-state index is 15.3. The first-order chi connectivity index (χ1) is 16.1. The van der Waals surface area contributed by atoms with Gasteiger partial charge in [-0.15, -0.1) is 0 Å². The van der Waals surface area contributed by atoms with Crippen LogP contribution in [-0.2, 0) is 6.42 Å². The normalized spacial score (nSPS) is 15.7. The van der Waals surface area contributed by atoms with Crippen LogP contribution in [0.25, 0.3) is 16.6 Å². The van der Waals surface area contributed by atoms with Crippen LogP contribution in [0.5, 0.6) is 5.75 Å². The number of carbonyl (C=O) groups is 1. The highest BCUT2D eigenvalue weighted by Gasteiger charge is 2.37. The lowest BCUT2D eigenvalue weighted by atomic mass is 9.91. The highest BCUT2D eigenvalue weighted by atomic mass is 19.1. The van der Waals surface area contributed by atoms with E-state index in [1.54, 1.807) is 46.1 Å².